The van der Waals surface area contributed by atoms with Gasteiger partial charge in [-0.3, -0.25) is 0 Å². The summed E-state index contributed by atoms with van der Waals surface area (Å²) in [6.07, 6.45) is 2.79. The van der Waals surface area contributed by atoms with E-state index in [1.54, 1.807) is 11.3 Å². The van der Waals surface area contributed by atoms with Crippen LogP contribution in [0.25, 0.3) is 0 Å². The fraction of sp³-hybridized carbons (Fsp3) is 0.250. The average Bonchev–Trinajstić information content (AvgIpc) is 2.75. The zero-order chi connectivity index (χ0) is 13.1. The Morgan fingerprint density at radius 1 is 1.50 bits per heavy atom. The number of nitrogens with zero attached hydrogens (tertiary/aromatic N) is 1. The van der Waals surface area contributed by atoms with Gasteiger partial charge in [-0.05, 0) is 34.5 Å². The molecule has 0 radical (unpaired) electrons. The third-order valence-corrected chi connectivity index (χ3v) is 4.42. The number of hydrogen-bond donors (Lipinski definition) is 1. The zero-order valence-electron chi connectivity index (χ0n) is 9.64. The second-order valence-electron chi connectivity index (χ2n) is 3.67. The molecule has 0 aliphatic carbocycles. The molecule has 0 saturated carbocycles. The molecule has 0 aliphatic rings. The first-order valence-corrected chi connectivity index (χ1v) is 7.41. The van der Waals surface area contributed by atoms with Crippen LogP contribution in [0.3, 0.4) is 0 Å². The molecule has 96 valence electrons. The molecule has 1 N–H and O–H groups in total. The van der Waals surface area contributed by atoms with Crippen molar-refractivity contribution < 1.29 is 4.39 Å². The number of benzene rings is 1. The van der Waals surface area contributed by atoms with Gasteiger partial charge in [0.2, 0.25) is 0 Å². The van der Waals surface area contributed by atoms with Crippen LogP contribution in [0.15, 0.2) is 22.8 Å². The maximum Gasteiger partial charge on any atom is 0.125 e. The van der Waals surface area contributed by atoms with E-state index < -0.39 is 0 Å². The number of nitrogens with one attached hydrogen (secondary N) is 1. The quantitative estimate of drug-likeness (QED) is 0.851. The zero-order valence-corrected chi connectivity index (χ0v) is 12.8. The van der Waals surface area contributed by atoms with Crippen LogP contribution in [0.1, 0.15) is 16.8 Å². The van der Waals surface area contributed by atoms with E-state index in [1.807, 2.05) is 6.20 Å². The third kappa shape index (κ3) is 3.22. The SMILES string of the molecule is CCc1ncc(CNc2c(Cl)cc(F)cc2Br)s1. The van der Waals surface area contributed by atoms with Crippen molar-refractivity contribution in [2.24, 2.45) is 0 Å². The predicted octanol–water partition coefficient (Wildman–Crippen LogP) is 4.87. The summed E-state index contributed by atoms with van der Waals surface area (Å²) >= 11 is 10.9. The first kappa shape index (κ1) is 13.8. The van der Waals surface area contributed by atoms with Crippen LogP contribution in [0.5, 0.6) is 0 Å². The summed E-state index contributed by atoms with van der Waals surface area (Å²) in [6, 6.07) is 2.68. The lowest BCUT2D eigenvalue weighted by molar-refractivity contribution is 0.627. The first-order chi connectivity index (χ1) is 8.60. The third-order valence-electron chi connectivity index (χ3n) is 2.35. The van der Waals surface area contributed by atoms with Crippen molar-refractivity contribution in [2.75, 3.05) is 5.32 Å². The smallest absolute Gasteiger partial charge is 0.125 e. The normalized spacial score (nSPS) is 10.7. The summed E-state index contributed by atoms with van der Waals surface area (Å²) in [7, 11) is 0. The topological polar surface area (TPSA) is 24.9 Å². The van der Waals surface area contributed by atoms with E-state index in [4.69, 9.17) is 11.6 Å². The van der Waals surface area contributed by atoms with Gasteiger partial charge in [-0.2, -0.15) is 0 Å². The molecular formula is C12H11BrClFN2S. The minimum Gasteiger partial charge on any atom is -0.378 e. The maximum atomic E-state index is 13.1. The fourth-order valence-corrected chi connectivity index (χ4v) is 3.24. The fourth-order valence-electron chi connectivity index (χ4n) is 1.48. The van der Waals surface area contributed by atoms with Crippen LogP contribution in [-0.4, -0.2) is 4.98 Å². The van der Waals surface area contributed by atoms with Crippen LogP contribution in [0.2, 0.25) is 5.02 Å². The summed E-state index contributed by atoms with van der Waals surface area (Å²) in [5, 5.41) is 4.66. The van der Waals surface area contributed by atoms with E-state index in [-0.39, 0.29) is 5.82 Å². The van der Waals surface area contributed by atoms with E-state index >= 15 is 0 Å². The Balaban J connectivity index is 2.10. The van der Waals surface area contributed by atoms with Gasteiger partial charge in [-0.25, -0.2) is 9.37 Å². The Morgan fingerprint density at radius 3 is 2.89 bits per heavy atom. The highest BCUT2D eigenvalue weighted by atomic mass is 79.9. The number of halogens is 3. The summed E-state index contributed by atoms with van der Waals surface area (Å²) < 4.78 is 13.7. The standard InChI is InChI=1S/C12H11BrClFN2S/c1-2-11-16-5-8(18-11)6-17-12-9(13)3-7(15)4-10(12)14/h3-5,17H,2,6H2,1H3. The summed E-state index contributed by atoms with van der Waals surface area (Å²) in [5.74, 6) is -0.358. The number of aryl methyl sites for hydroxylation is 1. The lowest BCUT2D eigenvalue weighted by Crippen LogP contribution is -1.99. The van der Waals surface area contributed by atoms with Crippen molar-refractivity contribution in [3.8, 4) is 0 Å². The average molecular weight is 350 g/mol. The number of aromatic nitrogens is 1. The molecule has 0 amide bonds. The molecule has 1 heterocycles. The minimum absolute atomic E-state index is 0.358. The lowest BCUT2D eigenvalue weighted by atomic mass is 10.3. The molecule has 0 saturated heterocycles. The van der Waals surface area contributed by atoms with E-state index in [2.05, 4.69) is 33.2 Å². The molecule has 1 aromatic carbocycles. The molecular weight excluding hydrogens is 339 g/mol. The van der Waals surface area contributed by atoms with Crippen LogP contribution in [-0.2, 0) is 13.0 Å². The lowest BCUT2D eigenvalue weighted by Gasteiger charge is -2.09. The van der Waals surface area contributed by atoms with Gasteiger partial charge in [0.25, 0.3) is 0 Å². The van der Waals surface area contributed by atoms with E-state index in [1.165, 1.54) is 12.1 Å². The molecule has 0 unspecified atom stereocenters. The van der Waals surface area contributed by atoms with Crippen LogP contribution in [0, 0.1) is 5.82 Å². The summed E-state index contributed by atoms with van der Waals surface area (Å²) in [4.78, 5) is 5.40. The first-order valence-electron chi connectivity index (χ1n) is 5.42. The number of thiazole rings is 1. The Kier molecular flexibility index (Phi) is 4.59. The summed E-state index contributed by atoms with van der Waals surface area (Å²) in [5.41, 5.74) is 0.699. The molecule has 0 fully saturated rings. The van der Waals surface area contributed by atoms with Gasteiger partial charge < -0.3 is 5.32 Å². The van der Waals surface area contributed by atoms with Gasteiger partial charge in [-0.15, -0.1) is 11.3 Å². The van der Waals surface area contributed by atoms with Crippen molar-refractivity contribution in [2.45, 2.75) is 19.9 Å². The van der Waals surface area contributed by atoms with E-state index in [0.29, 0.717) is 21.7 Å². The second kappa shape index (κ2) is 5.99. The monoisotopic (exact) mass is 348 g/mol. The largest absolute Gasteiger partial charge is 0.378 e. The highest BCUT2D eigenvalue weighted by molar-refractivity contribution is 9.10. The van der Waals surface area contributed by atoms with Crippen LogP contribution < -0.4 is 5.32 Å². The Labute approximate surface area is 122 Å². The highest BCUT2D eigenvalue weighted by Crippen LogP contribution is 2.32. The molecule has 2 rings (SSSR count). The molecule has 0 bridgehead atoms. The molecule has 18 heavy (non-hydrogen) atoms. The van der Waals surface area contributed by atoms with Crippen molar-refractivity contribution >= 4 is 44.6 Å². The molecule has 6 heteroatoms. The Bertz CT molecular complexity index is 536. The van der Waals surface area contributed by atoms with Gasteiger partial charge in [0, 0.05) is 15.5 Å². The molecule has 0 aliphatic heterocycles. The van der Waals surface area contributed by atoms with Gasteiger partial charge in [-0.1, -0.05) is 18.5 Å². The highest BCUT2D eigenvalue weighted by Gasteiger charge is 2.08. The van der Waals surface area contributed by atoms with Gasteiger partial charge >= 0.3 is 0 Å². The predicted molar refractivity (Wildman–Crippen MR) is 77.9 cm³/mol. The van der Waals surface area contributed by atoms with Crippen molar-refractivity contribution in [3.63, 3.8) is 0 Å². The van der Waals surface area contributed by atoms with E-state index in [0.717, 1.165) is 16.3 Å². The van der Waals surface area contributed by atoms with Gasteiger partial charge in [0.1, 0.15) is 5.82 Å². The van der Waals surface area contributed by atoms with Crippen LogP contribution in [0.4, 0.5) is 10.1 Å². The molecule has 0 atom stereocenters. The molecule has 1 aromatic heterocycles. The van der Waals surface area contributed by atoms with Gasteiger partial charge in [0.15, 0.2) is 0 Å². The Morgan fingerprint density at radius 2 is 2.28 bits per heavy atom. The van der Waals surface area contributed by atoms with Crippen LogP contribution >= 0.6 is 38.9 Å². The van der Waals surface area contributed by atoms with Crippen molar-refractivity contribution in [3.05, 3.63) is 43.5 Å². The second-order valence-corrected chi connectivity index (χ2v) is 6.13. The minimum atomic E-state index is -0.358. The molecule has 2 aromatic rings. The maximum absolute atomic E-state index is 13.1. The number of anilines is 1. The molecule has 2 nitrogen and oxygen atoms in total. The number of rotatable bonds is 4. The van der Waals surface area contributed by atoms with E-state index in [9.17, 15) is 4.39 Å². The number of hydrogen-bond acceptors (Lipinski definition) is 3. The summed E-state index contributed by atoms with van der Waals surface area (Å²) in [6.45, 7) is 2.70. The van der Waals surface area contributed by atoms with Gasteiger partial charge in [0.05, 0.1) is 22.3 Å². The molecule has 0 spiro atoms. The Hall–Kier alpha value is -0.650. The van der Waals surface area contributed by atoms with Crippen molar-refractivity contribution in [1.29, 1.82) is 0 Å². The van der Waals surface area contributed by atoms with Crippen molar-refractivity contribution in [1.82, 2.24) is 4.98 Å².